The molecule has 5 nitrogen and oxygen atoms in total. The third-order valence-electron chi connectivity index (χ3n) is 3.75. The van der Waals surface area contributed by atoms with Gasteiger partial charge >= 0.3 is 5.97 Å². The molecule has 0 saturated heterocycles. The number of methoxy groups -OCH3 is 1. The predicted octanol–water partition coefficient (Wildman–Crippen LogP) is 3.69. The Morgan fingerprint density at radius 1 is 1.20 bits per heavy atom. The zero-order valence-electron chi connectivity index (χ0n) is 13.9. The first-order valence-corrected chi connectivity index (χ1v) is 7.67. The van der Waals surface area contributed by atoms with Crippen LogP contribution < -0.4 is 4.74 Å². The van der Waals surface area contributed by atoms with Crippen molar-refractivity contribution in [2.24, 2.45) is 0 Å². The minimum Gasteiger partial charge on any atom is -0.496 e. The lowest BCUT2D eigenvalue weighted by molar-refractivity contribution is 0.0460. The SMILES string of the molecule is COc1ccc(C)cc1COC(=O)c1cncn1-c1ccc(F)cc1. The second-order valence-electron chi connectivity index (χ2n) is 5.52. The summed E-state index contributed by atoms with van der Waals surface area (Å²) in [6.45, 7) is 2.03. The van der Waals surface area contributed by atoms with Crippen LogP contribution in [0.5, 0.6) is 5.75 Å². The molecule has 2 aromatic carbocycles. The van der Waals surface area contributed by atoms with Crippen molar-refractivity contribution in [3.63, 3.8) is 0 Å². The number of aryl methyl sites for hydroxylation is 1. The Labute approximate surface area is 144 Å². The Kier molecular flexibility index (Phi) is 4.79. The summed E-state index contributed by atoms with van der Waals surface area (Å²) in [5.41, 5.74) is 2.71. The van der Waals surface area contributed by atoms with Gasteiger partial charge in [0.05, 0.1) is 19.6 Å². The first kappa shape index (κ1) is 16.7. The second kappa shape index (κ2) is 7.17. The summed E-state index contributed by atoms with van der Waals surface area (Å²) < 4.78 is 25.3. The summed E-state index contributed by atoms with van der Waals surface area (Å²) in [4.78, 5) is 16.4. The van der Waals surface area contributed by atoms with E-state index < -0.39 is 5.97 Å². The molecule has 0 radical (unpaired) electrons. The van der Waals surface area contributed by atoms with E-state index in [1.165, 1.54) is 24.7 Å². The Balaban J connectivity index is 1.78. The van der Waals surface area contributed by atoms with E-state index in [0.29, 0.717) is 11.4 Å². The molecule has 1 heterocycles. The van der Waals surface area contributed by atoms with Crippen molar-refractivity contribution in [1.82, 2.24) is 9.55 Å². The van der Waals surface area contributed by atoms with Gasteiger partial charge in [0.2, 0.25) is 0 Å². The van der Waals surface area contributed by atoms with Crippen LogP contribution in [0.4, 0.5) is 4.39 Å². The minimum absolute atomic E-state index is 0.0816. The van der Waals surface area contributed by atoms with Gasteiger partial charge in [-0.1, -0.05) is 11.6 Å². The van der Waals surface area contributed by atoms with E-state index in [1.54, 1.807) is 23.8 Å². The number of benzene rings is 2. The minimum atomic E-state index is -0.523. The highest BCUT2D eigenvalue weighted by atomic mass is 19.1. The summed E-state index contributed by atoms with van der Waals surface area (Å²) in [6, 6.07) is 11.4. The lowest BCUT2D eigenvalue weighted by Crippen LogP contribution is -2.11. The highest BCUT2D eigenvalue weighted by Crippen LogP contribution is 2.21. The van der Waals surface area contributed by atoms with Gasteiger partial charge in [0.25, 0.3) is 0 Å². The molecule has 3 aromatic rings. The molecule has 128 valence electrons. The van der Waals surface area contributed by atoms with Crippen LogP contribution in [0, 0.1) is 12.7 Å². The van der Waals surface area contributed by atoms with Gasteiger partial charge in [0.1, 0.15) is 18.2 Å². The van der Waals surface area contributed by atoms with Crippen LogP contribution in [0.1, 0.15) is 21.6 Å². The Morgan fingerprint density at radius 3 is 2.68 bits per heavy atom. The Bertz CT molecular complexity index is 888. The standard InChI is InChI=1S/C19H17FN2O3/c1-13-3-8-18(24-2)14(9-13)11-25-19(23)17-10-21-12-22(17)16-6-4-15(20)5-7-16/h3-10,12H,11H2,1-2H3. The predicted molar refractivity (Wildman–Crippen MR) is 90.4 cm³/mol. The molecule has 0 amide bonds. The van der Waals surface area contributed by atoms with Crippen molar-refractivity contribution in [1.29, 1.82) is 0 Å². The molecule has 0 aliphatic rings. The molecule has 0 bridgehead atoms. The van der Waals surface area contributed by atoms with E-state index in [0.717, 1.165) is 11.1 Å². The van der Waals surface area contributed by atoms with Crippen molar-refractivity contribution in [3.8, 4) is 11.4 Å². The highest BCUT2D eigenvalue weighted by molar-refractivity contribution is 5.88. The summed E-state index contributed by atoms with van der Waals surface area (Å²) in [5, 5.41) is 0. The van der Waals surface area contributed by atoms with Gasteiger partial charge in [-0.3, -0.25) is 4.57 Å². The van der Waals surface area contributed by atoms with E-state index in [-0.39, 0.29) is 18.1 Å². The van der Waals surface area contributed by atoms with Crippen LogP contribution in [-0.4, -0.2) is 22.6 Å². The molecule has 0 aliphatic heterocycles. The van der Waals surface area contributed by atoms with E-state index in [1.807, 2.05) is 25.1 Å². The van der Waals surface area contributed by atoms with Crippen molar-refractivity contribution >= 4 is 5.97 Å². The van der Waals surface area contributed by atoms with E-state index in [4.69, 9.17) is 9.47 Å². The maximum atomic E-state index is 13.1. The molecule has 6 heteroatoms. The number of aromatic nitrogens is 2. The summed E-state index contributed by atoms with van der Waals surface area (Å²) in [7, 11) is 1.57. The van der Waals surface area contributed by atoms with Gasteiger partial charge in [0.15, 0.2) is 5.69 Å². The Morgan fingerprint density at radius 2 is 1.96 bits per heavy atom. The molecule has 0 atom stereocenters. The molecule has 0 N–H and O–H groups in total. The zero-order chi connectivity index (χ0) is 17.8. The number of esters is 1. The lowest BCUT2D eigenvalue weighted by atomic mass is 10.1. The summed E-state index contributed by atoms with van der Waals surface area (Å²) >= 11 is 0. The topological polar surface area (TPSA) is 53.4 Å². The molecule has 0 fully saturated rings. The molecular formula is C19H17FN2O3. The lowest BCUT2D eigenvalue weighted by Gasteiger charge is -2.11. The van der Waals surface area contributed by atoms with Crippen LogP contribution in [0.2, 0.25) is 0 Å². The second-order valence-corrected chi connectivity index (χ2v) is 5.52. The van der Waals surface area contributed by atoms with E-state index in [9.17, 15) is 9.18 Å². The number of carbonyl (C=O) groups excluding carboxylic acids is 1. The molecule has 3 rings (SSSR count). The quantitative estimate of drug-likeness (QED) is 0.665. The Hall–Kier alpha value is -3.15. The van der Waals surface area contributed by atoms with Crippen LogP contribution in [0.25, 0.3) is 5.69 Å². The fourth-order valence-electron chi connectivity index (χ4n) is 2.49. The first-order chi connectivity index (χ1) is 12.1. The van der Waals surface area contributed by atoms with Gasteiger partial charge in [-0.15, -0.1) is 0 Å². The molecule has 1 aromatic heterocycles. The van der Waals surface area contributed by atoms with E-state index in [2.05, 4.69) is 4.98 Å². The van der Waals surface area contributed by atoms with Gasteiger partial charge in [0, 0.05) is 11.3 Å². The fourth-order valence-corrected chi connectivity index (χ4v) is 2.49. The number of halogens is 1. The van der Waals surface area contributed by atoms with Gasteiger partial charge in [-0.05, 0) is 43.3 Å². The van der Waals surface area contributed by atoms with Crippen LogP contribution in [-0.2, 0) is 11.3 Å². The van der Waals surface area contributed by atoms with Crippen LogP contribution in [0.15, 0.2) is 55.0 Å². The average molecular weight is 340 g/mol. The first-order valence-electron chi connectivity index (χ1n) is 7.67. The molecular weight excluding hydrogens is 323 g/mol. The monoisotopic (exact) mass is 340 g/mol. The largest absolute Gasteiger partial charge is 0.496 e. The molecule has 0 unspecified atom stereocenters. The summed E-state index contributed by atoms with van der Waals surface area (Å²) in [6.07, 6.45) is 2.90. The van der Waals surface area contributed by atoms with Crippen LogP contribution >= 0.6 is 0 Å². The van der Waals surface area contributed by atoms with Crippen molar-refractivity contribution < 1.29 is 18.7 Å². The van der Waals surface area contributed by atoms with Crippen LogP contribution in [0.3, 0.4) is 0 Å². The molecule has 25 heavy (non-hydrogen) atoms. The number of hydrogen-bond acceptors (Lipinski definition) is 4. The molecule has 0 aliphatic carbocycles. The number of carbonyl (C=O) groups is 1. The van der Waals surface area contributed by atoms with Gasteiger partial charge < -0.3 is 9.47 Å². The van der Waals surface area contributed by atoms with Gasteiger partial charge in [-0.2, -0.15) is 0 Å². The number of hydrogen-bond donors (Lipinski definition) is 0. The maximum Gasteiger partial charge on any atom is 0.357 e. The molecule has 0 spiro atoms. The number of imidazole rings is 1. The smallest absolute Gasteiger partial charge is 0.357 e. The summed E-state index contributed by atoms with van der Waals surface area (Å²) in [5.74, 6) is -0.213. The third kappa shape index (κ3) is 3.68. The van der Waals surface area contributed by atoms with Crippen molar-refractivity contribution in [2.45, 2.75) is 13.5 Å². The van der Waals surface area contributed by atoms with Crippen molar-refractivity contribution in [3.05, 3.63) is 77.6 Å². The molecule has 0 saturated carbocycles. The number of ether oxygens (including phenoxy) is 2. The van der Waals surface area contributed by atoms with Gasteiger partial charge in [-0.25, -0.2) is 14.2 Å². The zero-order valence-corrected chi connectivity index (χ0v) is 13.9. The van der Waals surface area contributed by atoms with Crippen molar-refractivity contribution in [2.75, 3.05) is 7.11 Å². The number of rotatable bonds is 5. The fraction of sp³-hybridized carbons (Fsp3) is 0.158. The highest BCUT2D eigenvalue weighted by Gasteiger charge is 2.16. The number of nitrogens with zero attached hydrogens (tertiary/aromatic N) is 2. The maximum absolute atomic E-state index is 13.1. The third-order valence-corrected chi connectivity index (χ3v) is 3.75. The average Bonchev–Trinajstić information content (AvgIpc) is 3.10. The normalized spacial score (nSPS) is 10.5. The van der Waals surface area contributed by atoms with E-state index >= 15 is 0 Å².